The molecule has 0 spiro atoms. The maximum atomic E-state index is 12.1. The van der Waals surface area contributed by atoms with Crippen LogP contribution in [0.15, 0.2) is 16.7 Å². The Morgan fingerprint density at radius 1 is 1.47 bits per heavy atom. The summed E-state index contributed by atoms with van der Waals surface area (Å²) in [6.45, 7) is -0.566. The Labute approximate surface area is 116 Å². The second-order valence-corrected chi connectivity index (χ2v) is 4.11. The Balaban J connectivity index is 3.17. The maximum Gasteiger partial charge on any atom is 0.364 e. The third kappa shape index (κ3) is 3.47. The standard InChI is InChI=1S/C10H6BrN5O3/c11-8-6-14-9(16(18)19)5-7(8)10(17)15(3-1-12)4-2-13/h5-6H,3-4H2. The number of rotatable bonds is 4. The van der Waals surface area contributed by atoms with Crippen LogP contribution in [0.2, 0.25) is 0 Å². The Hall–Kier alpha value is -2.52. The van der Waals surface area contributed by atoms with Gasteiger partial charge in [-0.05, 0) is 25.8 Å². The maximum absolute atomic E-state index is 12.1. The van der Waals surface area contributed by atoms with Gasteiger partial charge in [0.25, 0.3) is 5.91 Å². The lowest BCUT2D eigenvalue weighted by molar-refractivity contribution is -0.389. The normalized spacial score (nSPS) is 9.21. The Morgan fingerprint density at radius 3 is 2.53 bits per heavy atom. The summed E-state index contributed by atoms with van der Waals surface area (Å²) in [6.07, 6.45) is 1.13. The number of halogens is 1. The molecule has 0 saturated carbocycles. The van der Waals surface area contributed by atoms with Gasteiger partial charge in [-0.1, -0.05) is 0 Å². The molecule has 1 aromatic heterocycles. The molecule has 1 rings (SSSR count). The van der Waals surface area contributed by atoms with Gasteiger partial charge in [0.2, 0.25) is 0 Å². The molecule has 1 aromatic rings. The number of aromatic nitrogens is 1. The summed E-state index contributed by atoms with van der Waals surface area (Å²) in [5.41, 5.74) is -0.0211. The molecule has 0 aromatic carbocycles. The SMILES string of the molecule is N#CCN(CC#N)C(=O)c1cc([N+](=O)[O-])ncc1Br. The number of carbonyl (C=O) groups excluding carboxylic acids is 1. The van der Waals surface area contributed by atoms with Crippen molar-refractivity contribution in [2.75, 3.05) is 13.1 Å². The molecular formula is C10H6BrN5O3. The molecule has 0 unspecified atom stereocenters. The van der Waals surface area contributed by atoms with Crippen molar-refractivity contribution in [3.05, 3.63) is 32.4 Å². The van der Waals surface area contributed by atoms with E-state index in [1.807, 2.05) is 0 Å². The molecule has 19 heavy (non-hydrogen) atoms. The number of nitrogens with zero attached hydrogens (tertiary/aromatic N) is 5. The fourth-order valence-corrected chi connectivity index (χ4v) is 1.62. The summed E-state index contributed by atoms with van der Waals surface area (Å²) in [5, 5.41) is 27.8. The van der Waals surface area contributed by atoms with Gasteiger partial charge in [-0.15, -0.1) is 0 Å². The molecule has 0 bridgehead atoms. The zero-order chi connectivity index (χ0) is 14.4. The predicted molar refractivity (Wildman–Crippen MR) is 65.7 cm³/mol. The van der Waals surface area contributed by atoms with Gasteiger partial charge in [0, 0.05) is 6.07 Å². The van der Waals surface area contributed by atoms with E-state index in [9.17, 15) is 14.9 Å². The molecule has 0 aliphatic carbocycles. The number of carbonyl (C=O) groups is 1. The van der Waals surface area contributed by atoms with Crippen LogP contribution in [0.3, 0.4) is 0 Å². The molecule has 96 valence electrons. The topological polar surface area (TPSA) is 124 Å². The summed E-state index contributed by atoms with van der Waals surface area (Å²) < 4.78 is 0.254. The van der Waals surface area contributed by atoms with Crippen LogP contribution in [0.5, 0.6) is 0 Å². The highest BCUT2D eigenvalue weighted by Gasteiger charge is 2.22. The summed E-state index contributed by atoms with van der Waals surface area (Å²) in [6, 6.07) is 4.49. The van der Waals surface area contributed by atoms with E-state index in [-0.39, 0.29) is 23.1 Å². The molecule has 0 fully saturated rings. The monoisotopic (exact) mass is 323 g/mol. The summed E-state index contributed by atoms with van der Waals surface area (Å²) in [4.78, 5) is 26.4. The molecule has 1 heterocycles. The first kappa shape index (κ1) is 14.5. The van der Waals surface area contributed by atoms with E-state index >= 15 is 0 Å². The Bertz CT molecular complexity index is 588. The first-order chi connectivity index (χ1) is 9.01. The van der Waals surface area contributed by atoms with Gasteiger partial charge in [0.15, 0.2) is 6.20 Å². The molecule has 0 aliphatic heterocycles. The van der Waals surface area contributed by atoms with Gasteiger partial charge in [-0.25, -0.2) is 0 Å². The number of pyridine rings is 1. The average Bonchev–Trinajstić information content (AvgIpc) is 2.38. The van der Waals surface area contributed by atoms with Crippen molar-refractivity contribution in [1.82, 2.24) is 9.88 Å². The average molecular weight is 324 g/mol. The van der Waals surface area contributed by atoms with E-state index in [0.29, 0.717) is 0 Å². The highest BCUT2D eigenvalue weighted by atomic mass is 79.9. The van der Waals surface area contributed by atoms with Crippen LogP contribution in [0.25, 0.3) is 0 Å². The number of nitro groups is 1. The van der Waals surface area contributed by atoms with Gasteiger partial charge < -0.3 is 15.0 Å². The van der Waals surface area contributed by atoms with Gasteiger partial charge in [-0.2, -0.15) is 10.5 Å². The molecular weight excluding hydrogens is 318 g/mol. The largest absolute Gasteiger partial charge is 0.364 e. The van der Waals surface area contributed by atoms with E-state index < -0.39 is 16.6 Å². The lowest BCUT2D eigenvalue weighted by atomic mass is 10.2. The van der Waals surface area contributed by atoms with Gasteiger partial charge in [0.05, 0.1) is 22.2 Å². The fourth-order valence-electron chi connectivity index (χ4n) is 1.23. The van der Waals surface area contributed by atoms with Crippen LogP contribution in [0, 0.1) is 32.8 Å². The minimum atomic E-state index is -0.734. The minimum absolute atomic E-state index is 0.0211. The summed E-state index contributed by atoms with van der Waals surface area (Å²) in [7, 11) is 0. The van der Waals surface area contributed by atoms with Crippen molar-refractivity contribution in [1.29, 1.82) is 10.5 Å². The van der Waals surface area contributed by atoms with E-state index in [1.54, 1.807) is 12.1 Å². The molecule has 0 atom stereocenters. The van der Waals surface area contributed by atoms with Gasteiger partial charge in [-0.3, -0.25) is 4.79 Å². The number of nitriles is 2. The molecule has 1 amide bonds. The van der Waals surface area contributed by atoms with Crippen molar-refractivity contribution < 1.29 is 9.72 Å². The molecule has 0 aliphatic rings. The van der Waals surface area contributed by atoms with Crippen molar-refractivity contribution in [3.63, 3.8) is 0 Å². The molecule has 0 saturated heterocycles. The predicted octanol–water partition coefficient (Wildman–Crippen LogP) is 1.24. The first-order valence-electron chi connectivity index (χ1n) is 4.84. The van der Waals surface area contributed by atoms with E-state index in [0.717, 1.165) is 17.2 Å². The van der Waals surface area contributed by atoms with Crippen molar-refractivity contribution >= 4 is 27.7 Å². The molecule has 9 heteroatoms. The van der Waals surface area contributed by atoms with Crippen molar-refractivity contribution in [2.24, 2.45) is 0 Å². The molecule has 8 nitrogen and oxygen atoms in total. The lowest BCUT2D eigenvalue weighted by Crippen LogP contribution is -2.32. The molecule has 0 radical (unpaired) electrons. The Kier molecular flexibility index (Phi) is 4.92. The van der Waals surface area contributed by atoms with Crippen LogP contribution in [0.1, 0.15) is 10.4 Å². The fraction of sp³-hybridized carbons (Fsp3) is 0.200. The smallest absolute Gasteiger partial charge is 0.358 e. The lowest BCUT2D eigenvalue weighted by Gasteiger charge is -2.15. The van der Waals surface area contributed by atoms with Crippen molar-refractivity contribution in [3.8, 4) is 12.1 Å². The summed E-state index contributed by atoms with van der Waals surface area (Å²) in [5.74, 6) is -1.14. The first-order valence-corrected chi connectivity index (χ1v) is 5.63. The third-order valence-corrected chi connectivity index (χ3v) is 2.70. The van der Waals surface area contributed by atoms with Crippen LogP contribution in [-0.2, 0) is 0 Å². The van der Waals surface area contributed by atoms with E-state index in [1.165, 1.54) is 0 Å². The van der Waals surface area contributed by atoms with Gasteiger partial charge in [0.1, 0.15) is 13.1 Å². The van der Waals surface area contributed by atoms with Crippen LogP contribution >= 0.6 is 15.9 Å². The quantitative estimate of drug-likeness (QED) is 0.466. The van der Waals surface area contributed by atoms with Gasteiger partial charge >= 0.3 is 5.82 Å². The number of amides is 1. The summed E-state index contributed by atoms with van der Waals surface area (Å²) >= 11 is 3.05. The zero-order valence-electron chi connectivity index (χ0n) is 9.41. The minimum Gasteiger partial charge on any atom is -0.358 e. The van der Waals surface area contributed by atoms with E-state index in [2.05, 4.69) is 20.9 Å². The van der Waals surface area contributed by atoms with Crippen LogP contribution < -0.4 is 0 Å². The Morgan fingerprint density at radius 2 is 2.05 bits per heavy atom. The van der Waals surface area contributed by atoms with Crippen LogP contribution in [0.4, 0.5) is 5.82 Å². The molecule has 0 N–H and O–H groups in total. The third-order valence-electron chi connectivity index (χ3n) is 2.07. The van der Waals surface area contributed by atoms with Crippen LogP contribution in [-0.4, -0.2) is 33.8 Å². The zero-order valence-corrected chi connectivity index (χ0v) is 11.0. The number of hydrogen-bond donors (Lipinski definition) is 0. The van der Waals surface area contributed by atoms with Crippen molar-refractivity contribution in [2.45, 2.75) is 0 Å². The van der Waals surface area contributed by atoms with E-state index in [4.69, 9.17) is 10.5 Å². The highest BCUT2D eigenvalue weighted by Crippen LogP contribution is 2.21. The number of hydrogen-bond acceptors (Lipinski definition) is 6. The second kappa shape index (κ2) is 6.42. The second-order valence-electron chi connectivity index (χ2n) is 3.26. The highest BCUT2D eigenvalue weighted by molar-refractivity contribution is 9.10.